The van der Waals surface area contributed by atoms with Gasteiger partial charge in [-0.25, -0.2) is 14.6 Å². The first kappa shape index (κ1) is 20.4. The zero-order chi connectivity index (χ0) is 22.3. The lowest BCUT2D eigenvalue weighted by Crippen LogP contribution is -2.40. The number of carbonyl (C=O) groups excluding carboxylic acids is 1. The van der Waals surface area contributed by atoms with E-state index in [0.29, 0.717) is 25.2 Å². The van der Waals surface area contributed by atoms with Gasteiger partial charge in [0.15, 0.2) is 11.5 Å². The molecule has 0 fully saturated rings. The van der Waals surface area contributed by atoms with E-state index in [1.54, 1.807) is 0 Å². The number of alkyl halides is 3. The minimum Gasteiger partial charge on any atom is -0.347 e. The van der Waals surface area contributed by atoms with E-state index in [0.717, 1.165) is 28.1 Å². The number of carbonyl (C=O) groups is 1. The fraction of sp³-hybridized carbons (Fsp3) is 0.250. The van der Waals surface area contributed by atoms with Crippen molar-refractivity contribution in [3.05, 3.63) is 59.1 Å². The number of rotatable bonds is 4. The van der Waals surface area contributed by atoms with E-state index in [9.17, 15) is 18.0 Å². The predicted molar refractivity (Wildman–Crippen MR) is 110 cm³/mol. The Bertz CT molecular complexity index is 1260. The maximum atomic E-state index is 12.9. The number of fused-ring (bicyclic) bond motifs is 1. The summed E-state index contributed by atoms with van der Waals surface area (Å²) < 4.78 is 40.4. The number of H-pyrrole nitrogens is 1. The fourth-order valence-electron chi connectivity index (χ4n) is 3.54. The van der Waals surface area contributed by atoms with Crippen LogP contribution < -0.4 is 5.32 Å². The van der Waals surface area contributed by atoms with Crippen LogP contribution in [0.1, 0.15) is 28.4 Å². The second-order valence-corrected chi connectivity index (χ2v) is 8.16. The molecule has 4 aromatic rings. The fourth-order valence-corrected chi connectivity index (χ4v) is 4.39. The third-order valence-corrected chi connectivity index (χ3v) is 6.00. The molecule has 0 bridgehead atoms. The van der Waals surface area contributed by atoms with Crippen LogP contribution in [0.3, 0.4) is 0 Å². The van der Waals surface area contributed by atoms with Crippen LogP contribution in [0.25, 0.3) is 22.0 Å². The first-order valence-corrected chi connectivity index (χ1v) is 10.6. The smallest absolute Gasteiger partial charge is 0.347 e. The maximum absolute atomic E-state index is 12.9. The van der Waals surface area contributed by atoms with Crippen molar-refractivity contribution in [2.24, 2.45) is 0 Å². The Kier molecular flexibility index (Phi) is 5.00. The molecule has 1 amide bonds. The molecule has 0 aliphatic carbocycles. The lowest BCUT2D eigenvalue weighted by molar-refractivity contribution is -0.140. The van der Waals surface area contributed by atoms with E-state index in [-0.39, 0.29) is 22.3 Å². The Labute approximate surface area is 183 Å². The number of nitrogens with one attached hydrogen (secondary N) is 2. The summed E-state index contributed by atoms with van der Waals surface area (Å²) in [7, 11) is 0. The summed E-state index contributed by atoms with van der Waals surface area (Å²) in [5, 5.41) is 14.9. The largest absolute Gasteiger partial charge is 0.434 e. The Morgan fingerprint density at radius 2 is 2.03 bits per heavy atom. The van der Waals surface area contributed by atoms with Crippen LogP contribution in [-0.2, 0) is 19.1 Å². The number of aromatic nitrogens is 6. The van der Waals surface area contributed by atoms with Crippen LogP contribution in [0, 0.1) is 0 Å². The van der Waals surface area contributed by atoms with E-state index < -0.39 is 17.8 Å². The molecule has 164 valence electrons. The molecular weight excluding hydrogens is 443 g/mol. The van der Waals surface area contributed by atoms with Crippen molar-refractivity contribution in [3.8, 4) is 22.0 Å². The standard InChI is InChI=1S/C20H16F3N7OS/c21-20(22,23)14-10-32-19(26-14)13-9-24-28-16(13)18(31)25-12-6-7-30-15(8-12)27-17(29-30)11-4-2-1-3-5-11/h1-5,9-10,12H,6-8H2,(H,24,28)(H,25,31). The first-order valence-electron chi connectivity index (χ1n) is 9.75. The van der Waals surface area contributed by atoms with Crippen molar-refractivity contribution < 1.29 is 18.0 Å². The molecule has 0 saturated heterocycles. The van der Waals surface area contributed by atoms with E-state index in [2.05, 4.69) is 30.6 Å². The Balaban J connectivity index is 1.31. The van der Waals surface area contributed by atoms with Crippen molar-refractivity contribution in [3.63, 3.8) is 0 Å². The minimum absolute atomic E-state index is 0.0742. The van der Waals surface area contributed by atoms with Crippen LogP contribution in [-0.4, -0.2) is 41.9 Å². The highest BCUT2D eigenvalue weighted by Crippen LogP contribution is 2.34. The molecule has 8 nitrogen and oxygen atoms in total. The van der Waals surface area contributed by atoms with Gasteiger partial charge in [0.1, 0.15) is 16.5 Å². The predicted octanol–water partition coefficient (Wildman–Crippen LogP) is 3.56. The summed E-state index contributed by atoms with van der Waals surface area (Å²) in [6.45, 7) is 0.595. The lowest BCUT2D eigenvalue weighted by Gasteiger charge is -2.23. The zero-order valence-corrected chi connectivity index (χ0v) is 17.2. The molecule has 1 aliphatic heterocycles. The SMILES string of the molecule is O=C(NC1CCn2nc(-c3ccccc3)nc2C1)c1[nH]ncc1-c1nc(C(F)(F)F)cs1. The number of benzene rings is 1. The minimum atomic E-state index is -4.54. The van der Waals surface area contributed by atoms with Crippen molar-refractivity contribution >= 4 is 17.2 Å². The van der Waals surface area contributed by atoms with Crippen LogP contribution >= 0.6 is 11.3 Å². The van der Waals surface area contributed by atoms with Gasteiger partial charge >= 0.3 is 6.18 Å². The Hall–Kier alpha value is -3.54. The normalized spacial score (nSPS) is 16.0. The van der Waals surface area contributed by atoms with Crippen molar-refractivity contribution in [1.29, 1.82) is 0 Å². The number of hydrogen-bond acceptors (Lipinski definition) is 6. The highest BCUT2D eigenvalue weighted by Gasteiger charge is 2.34. The molecule has 0 radical (unpaired) electrons. The number of hydrogen-bond donors (Lipinski definition) is 2. The molecule has 32 heavy (non-hydrogen) atoms. The van der Waals surface area contributed by atoms with Gasteiger partial charge in [0, 0.05) is 30.0 Å². The Morgan fingerprint density at radius 1 is 1.22 bits per heavy atom. The summed E-state index contributed by atoms with van der Waals surface area (Å²) in [4.78, 5) is 21.0. The number of aromatic amines is 1. The molecule has 0 saturated carbocycles. The molecule has 3 aromatic heterocycles. The number of thiazole rings is 1. The zero-order valence-electron chi connectivity index (χ0n) is 16.4. The average molecular weight is 459 g/mol. The van der Waals surface area contributed by atoms with Crippen molar-refractivity contribution in [2.45, 2.75) is 31.6 Å². The molecule has 12 heteroatoms. The second-order valence-electron chi connectivity index (χ2n) is 7.30. The van der Waals surface area contributed by atoms with E-state index in [1.165, 1.54) is 6.20 Å². The number of aryl methyl sites for hydroxylation is 1. The highest BCUT2D eigenvalue weighted by atomic mass is 32.1. The van der Waals surface area contributed by atoms with E-state index in [1.807, 2.05) is 35.0 Å². The molecular formula is C20H16F3N7OS. The van der Waals surface area contributed by atoms with Crippen molar-refractivity contribution in [2.75, 3.05) is 0 Å². The van der Waals surface area contributed by atoms with Gasteiger partial charge in [-0.15, -0.1) is 11.3 Å². The van der Waals surface area contributed by atoms with E-state index in [4.69, 9.17) is 0 Å². The molecule has 0 spiro atoms. The molecule has 1 aliphatic rings. The van der Waals surface area contributed by atoms with E-state index >= 15 is 0 Å². The molecule has 1 unspecified atom stereocenters. The van der Waals surface area contributed by atoms with Gasteiger partial charge in [0.2, 0.25) is 0 Å². The summed E-state index contributed by atoms with van der Waals surface area (Å²) in [6, 6.07) is 9.43. The number of nitrogens with zero attached hydrogens (tertiary/aromatic N) is 5. The quantitative estimate of drug-likeness (QED) is 0.486. The highest BCUT2D eigenvalue weighted by molar-refractivity contribution is 7.13. The Morgan fingerprint density at radius 3 is 2.78 bits per heavy atom. The number of amides is 1. The third kappa shape index (κ3) is 3.88. The summed E-state index contributed by atoms with van der Waals surface area (Å²) >= 11 is 0.810. The summed E-state index contributed by atoms with van der Waals surface area (Å²) in [5.41, 5.74) is 0.225. The van der Waals surface area contributed by atoms with Gasteiger partial charge in [0.05, 0.1) is 11.8 Å². The molecule has 4 heterocycles. The van der Waals surface area contributed by atoms with Gasteiger partial charge in [-0.1, -0.05) is 30.3 Å². The van der Waals surface area contributed by atoms with Gasteiger partial charge in [-0.05, 0) is 6.42 Å². The van der Waals surface area contributed by atoms with Gasteiger partial charge in [-0.2, -0.15) is 23.4 Å². The molecule has 2 N–H and O–H groups in total. The topological polar surface area (TPSA) is 101 Å². The molecule has 1 aromatic carbocycles. The van der Waals surface area contributed by atoms with Gasteiger partial charge in [-0.3, -0.25) is 9.89 Å². The summed E-state index contributed by atoms with van der Waals surface area (Å²) in [6.07, 6.45) is -2.10. The third-order valence-electron chi connectivity index (χ3n) is 5.13. The molecule has 5 rings (SSSR count). The van der Waals surface area contributed by atoms with Crippen LogP contribution in [0.15, 0.2) is 41.9 Å². The monoisotopic (exact) mass is 459 g/mol. The second kappa shape index (κ2) is 7.86. The van der Waals surface area contributed by atoms with Crippen LogP contribution in [0.4, 0.5) is 13.2 Å². The van der Waals surface area contributed by atoms with Crippen LogP contribution in [0.2, 0.25) is 0 Å². The summed E-state index contributed by atoms with van der Waals surface area (Å²) in [5.74, 6) is 0.940. The average Bonchev–Trinajstić information content (AvgIpc) is 3.51. The van der Waals surface area contributed by atoms with Crippen molar-refractivity contribution in [1.82, 2.24) is 35.3 Å². The maximum Gasteiger partial charge on any atom is 0.434 e. The molecule has 1 atom stereocenters. The number of halogens is 3. The first-order chi connectivity index (χ1) is 15.4. The lowest BCUT2D eigenvalue weighted by atomic mass is 10.1. The van der Waals surface area contributed by atoms with Gasteiger partial charge < -0.3 is 5.32 Å². The van der Waals surface area contributed by atoms with Crippen LogP contribution in [0.5, 0.6) is 0 Å². The van der Waals surface area contributed by atoms with Gasteiger partial charge in [0.25, 0.3) is 5.91 Å².